The van der Waals surface area contributed by atoms with Gasteiger partial charge in [-0.1, -0.05) is 18.2 Å². The van der Waals surface area contributed by atoms with Gasteiger partial charge in [0, 0.05) is 17.3 Å². The summed E-state index contributed by atoms with van der Waals surface area (Å²) in [7, 11) is 0. The van der Waals surface area contributed by atoms with Gasteiger partial charge in [-0.05, 0) is 42.0 Å². The monoisotopic (exact) mass is 377 g/mol. The molecule has 0 bridgehead atoms. The van der Waals surface area contributed by atoms with E-state index in [2.05, 4.69) is 0 Å². The first-order chi connectivity index (χ1) is 13.6. The van der Waals surface area contributed by atoms with Crippen molar-refractivity contribution in [3.05, 3.63) is 77.6 Å². The predicted octanol–water partition coefficient (Wildman–Crippen LogP) is 4.11. The molecule has 140 valence electrons. The number of para-hydroxylation sites is 1. The molecule has 0 aromatic heterocycles. The Morgan fingerprint density at radius 3 is 2.36 bits per heavy atom. The number of fused-ring (bicyclic) bond motifs is 2. The lowest BCUT2D eigenvalue weighted by atomic mass is 9.91. The molecule has 2 heterocycles. The van der Waals surface area contributed by atoms with Crippen LogP contribution in [0.1, 0.15) is 17.0 Å². The minimum atomic E-state index is -0.697. The standard InChI is InChI=1S/C22H16FNO4/c23-13-5-7-14(8-6-13)24-17-4-2-1-3-15(17)21(22(24)26)16-11-19-20(12-18(16)25)28-10-9-27-19/h1-8,11-12,21,25H,9-10H2. The zero-order chi connectivity index (χ0) is 19.3. The van der Waals surface area contributed by atoms with E-state index in [1.165, 1.54) is 18.2 Å². The fourth-order valence-corrected chi connectivity index (χ4v) is 3.80. The van der Waals surface area contributed by atoms with E-state index in [0.29, 0.717) is 41.7 Å². The largest absolute Gasteiger partial charge is 0.507 e. The maximum atomic E-state index is 13.4. The van der Waals surface area contributed by atoms with Crippen molar-refractivity contribution in [3.63, 3.8) is 0 Å². The third kappa shape index (κ3) is 2.49. The van der Waals surface area contributed by atoms with E-state index < -0.39 is 5.92 Å². The fourth-order valence-electron chi connectivity index (χ4n) is 3.80. The minimum absolute atomic E-state index is 0.0293. The number of benzene rings is 3. The summed E-state index contributed by atoms with van der Waals surface area (Å²) in [6.07, 6.45) is 0. The van der Waals surface area contributed by atoms with Crippen molar-refractivity contribution >= 4 is 17.3 Å². The van der Waals surface area contributed by atoms with Crippen LogP contribution in [0.3, 0.4) is 0 Å². The average molecular weight is 377 g/mol. The molecule has 1 amide bonds. The number of hydrogen-bond donors (Lipinski definition) is 1. The van der Waals surface area contributed by atoms with Crippen molar-refractivity contribution in [2.45, 2.75) is 5.92 Å². The third-order valence-electron chi connectivity index (χ3n) is 5.04. The maximum absolute atomic E-state index is 13.4. The van der Waals surface area contributed by atoms with Crippen molar-refractivity contribution in [1.82, 2.24) is 0 Å². The van der Waals surface area contributed by atoms with Gasteiger partial charge in [-0.2, -0.15) is 0 Å². The number of carbonyl (C=O) groups is 1. The predicted molar refractivity (Wildman–Crippen MR) is 101 cm³/mol. The molecule has 3 aromatic rings. The number of phenolic OH excluding ortho intramolecular Hbond substituents is 1. The molecule has 0 saturated carbocycles. The van der Waals surface area contributed by atoms with Crippen LogP contribution in [0.4, 0.5) is 15.8 Å². The molecule has 28 heavy (non-hydrogen) atoms. The number of phenols is 1. The molecule has 5 nitrogen and oxygen atoms in total. The molecule has 1 atom stereocenters. The molecule has 0 aliphatic carbocycles. The van der Waals surface area contributed by atoms with Crippen LogP contribution in [0.15, 0.2) is 60.7 Å². The Bertz CT molecular complexity index is 1080. The van der Waals surface area contributed by atoms with Crippen LogP contribution >= 0.6 is 0 Å². The highest BCUT2D eigenvalue weighted by atomic mass is 19.1. The summed E-state index contributed by atoms with van der Waals surface area (Å²) < 4.78 is 24.5. The molecule has 0 radical (unpaired) electrons. The van der Waals surface area contributed by atoms with E-state index in [1.807, 2.05) is 24.3 Å². The van der Waals surface area contributed by atoms with Crippen LogP contribution in [0.25, 0.3) is 0 Å². The quantitative estimate of drug-likeness (QED) is 0.730. The van der Waals surface area contributed by atoms with Gasteiger partial charge < -0.3 is 14.6 Å². The Balaban J connectivity index is 1.65. The number of aromatic hydroxyl groups is 1. The van der Waals surface area contributed by atoms with Gasteiger partial charge in [0.15, 0.2) is 11.5 Å². The van der Waals surface area contributed by atoms with Gasteiger partial charge in [0.05, 0.1) is 11.6 Å². The summed E-state index contributed by atoms with van der Waals surface area (Å²) in [5.74, 6) is -0.355. The first kappa shape index (κ1) is 16.6. The molecule has 2 aliphatic heterocycles. The van der Waals surface area contributed by atoms with Gasteiger partial charge in [0.1, 0.15) is 24.8 Å². The Morgan fingerprint density at radius 2 is 1.61 bits per heavy atom. The highest BCUT2D eigenvalue weighted by molar-refractivity contribution is 6.12. The van der Waals surface area contributed by atoms with Crippen molar-refractivity contribution in [2.75, 3.05) is 18.1 Å². The van der Waals surface area contributed by atoms with Gasteiger partial charge >= 0.3 is 0 Å². The lowest BCUT2D eigenvalue weighted by molar-refractivity contribution is -0.117. The van der Waals surface area contributed by atoms with Crippen LogP contribution in [-0.2, 0) is 4.79 Å². The van der Waals surface area contributed by atoms with Gasteiger partial charge in [-0.15, -0.1) is 0 Å². The number of nitrogens with zero attached hydrogens (tertiary/aromatic N) is 1. The number of hydrogen-bond acceptors (Lipinski definition) is 4. The topological polar surface area (TPSA) is 59.0 Å². The second-order valence-corrected chi connectivity index (χ2v) is 6.70. The molecular formula is C22H16FNO4. The average Bonchev–Trinajstić information content (AvgIpc) is 3.00. The van der Waals surface area contributed by atoms with Crippen molar-refractivity contribution < 1.29 is 23.8 Å². The molecule has 1 unspecified atom stereocenters. The van der Waals surface area contributed by atoms with E-state index in [4.69, 9.17) is 9.47 Å². The summed E-state index contributed by atoms with van der Waals surface area (Å²) >= 11 is 0. The minimum Gasteiger partial charge on any atom is -0.507 e. The molecule has 5 rings (SSSR count). The highest BCUT2D eigenvalue weighted by Crippen LogP contribution is 2.49. The lowest BCUT2D eigenvalue weighted by Gasteiger charge is -2.22. The second-order valence-electron chi connectivity index (χ2n) is 6.70. The first-order valence-electron chi connectivity index (χ1n) is 8.94. The zero-order valence-corrected chi connectivity index (χ0v) is 14.8. The summed E-state index contributed by atoms with van der Waals surface area (Å²) in [5, 5.41) is 10.6. The molecule has 1 N–H and O–H groups in total. The van der Waals surface area contributed by atoms with Crippen molar-refractivity contribution in [1.29, 1.82) is 0 Å². The third-order valence-corrected chi connectivity index (χ3v) is 5.04. The summed E-state index contributed by atoms with van der Waals surface area (Å²) in [6, 6.07) is 16.3. The zero-order valence-electron chi connectivity index (χ0n) is 14.8. The lowest BCUT2D eigenvalue weighted by Crippen LogP contribution is -2.24. The Morgan fingerprint density at radius 1 is 0.929 bits per heavy atom. The molecular weight excluding hydrogens is 361 g/mol. The summed E-state index contributed by atoms with van der Waals surface area (Å²) in [4.78, 5) is 15.0. The van der Waals surface area contributed by atoms with Crippen LogP contribution in [0.5, 0.6) is 17.2 Å². The Kier molecular flexibility index (Phi) is 3.72. The number of rotatable bonds is 2. The van der Waals surface area contributed by atoms with Gasteiger partial charge in [0.25, 0.3) is 0 Å². The van der Waals surface area contributed by atoms with E-state index >= 15 is 0 Å². The molecule has 6 heteroatoms. The maximum Gasteiger partial charge on any atom is 0.243 e. The molecule has 0 spiro atoms. The van der Waals surface area contributed by atoms with E-state index in [0.717, 1.165) is 5.56 Å². The van der Waals surface area contributed by atoms with Gasteiger partial charge in [-0.3, -0.25) is 9.69 Å². The summed E-state index contributed by atoms with van der Waals surface area (Å²) in [5.41, 5.74) is 2.49. The van der Waals surface area contributed by atoms with Crippen LogP contribution in [0.2, 0.25) is 0 Å². The fraction of sp³-hybridized carbons (Fsp3) is 0.136. The number of amides is 1. The molecule has 2 aliphatic rings. The number of carbonyl (C=O) groups excluding carboxylic acids is 1. The molecule has 0 fully saturated rings. The van der Waals surface area contributed by atoms with Crippen molar-refractivity contribution in [2.24, 2.45) is 0 Å². The van der Waals surface area contributed by atoms with Crippen LogP contribution in [0, 0.1) is 5.82 Å². The summed E-state index contributed by atoms with van der Waals surface area (Å²) in [6.45, 7) is 0.823. The number of halogens is 1. The normalized spacial score (nSPS) is 17.5. The smallest absolute Gasteiger partial charge is 0.243 e. The second kappa shape index (κ2) is 6.27. The van der Waals surface area contributed by atoms with Crippen LogP contribution < -0.4 is 14.4 Å². The number of anilines is 2. The molecule has 0 saturated heterocycles. The molecule has 3 aromatic carbocycles. The SMILES string of the molecule is O=C1C(c2cc3c(cc2O)OCCO3)c2ccccc2N1c1ccc(F)cc1. The van der Waals surface area contributed by atoms with Gasteiger partial charge in [0.2, 0.25) is 5.91 Å². The van der Waals surface area contributed by atoms with Crippen LogP contribution in [-0.4, -0.2) is 24.2 Å². The first-order valence-corrected chi connectivity index (χ1v) is 8.94. The number of ether oxygens (including phenoxy) is 2. The van der Waals surface area contributed by atoms with E-state index in [1.54, 1.807) is 23.1 Å². The van der Waals surface area contributed by atoms with E-state index in [9.17, 15) is 14.3 Å². The van der Waals surface area contributed by atoms with Crippen molar-refractivity contribution in [3.8, 4) is 17.2 Å². The van der Waals surface area contributed by atoms with Gasteiger partial charge in [-0.25, -0.2) is 4.39 Å². The Hall–Kier alpha value is -3.54. The highest BCUT2D eigenvalue weighted by Gasteiger charge is 2.40. The Labute approximate surface area is 160 Å². The van der Waals surface area contributed by atoms with E-state index in [-0.39, 0.29) is 17.5 Å².